The predicted octanol–water partition coefficient (Wildman–Crippen LogP) is 2.38. The van der Waals surface area contributed by atoms with Crippen molar-refractivity contribution in [3.8, 4) is 0 Å². The van der Waals surface area contributed by atoms with E-state index in [-0.39, 0.29) is 22.4 Å². The number of hydrogen-bond acceptors (Lipinski definition) is 5. The van der Waals surface area contributed by atoms with Gasteiger partial charge in [0.25, 0.3) is 5.91 Å². The monoisotopic (exact) mass is 416 g/mol. The molecule has 0 spiro atoms. The van der Waals surface area contributed by atoms with Crippen molar-refractivity contribution in [1.29, 1.82) is 0 Å². The van der Waals surface area contributed by atoms with Gasteiger partial charge in [-0.3, -0.25) is 4.79 Å². The predicted molar refractivity (Wildman–Crippen MR) is 109 cm³/mol. The largest absolute Gasteiger partial charge is 0.452 e. The van der Waals surface area contributed by atoms with Crippen LogP contribution in [0.5, 0.6) is 0 Å². The quantitative estimate of drug-likeness (QED) is 0.699. The molecular weight excluding hydrogens is 392 g/mol. The highest BCUT2D eigenvalue weighted by molar-refractivity contribution is 7.89. The van der Waals surface area contributed by atoms with Gasteiger partial charge in [0.1, 0.15) is 0 Å². The summed E-state index contributed by atoms with van der Waals surface area (Å²) in [5, 5.41) is 0. The Balaban J connectivity index is 1.76. The maximum Gasteiger partial charge on any atom is 0.338 e. The third kappa shape index (κ3) is 4.04. The number of aryl methyl sites for hydroxylation is 1. The second kappa shape index (κ2) is 7.96. The maximum absolute atomic E-state index is 12.7. The van der Waals surface area contributed by atoms with Crippen LogP contribution in [-0.4, -0.2) is 51.3 Å². The first-order valence-electron chi connectivity index (χ1n) is 9.23. The van der Waals surface area contributed by atoms with E-state index < -0.39 is 22.6 Å². The number of sulfonamides is 1. The van der Waals surface area contributed by atoms with Crippen LogP contribution in [-0.2, 0) is 26.0 Å². The molecule has 0 aliphatic carbocycles. The molecule has 0 bridgehead atoms. The molecule has 1 heterocycles. The first-order valence-corrected chi connectivity index (χ1v) is 10.7. The van der Waals surface area contributed by atoms with E-state index in [0.29, 0.717) is 5.56 Å². The maximum atomic E-state index is 12.7. The summed E-state index contributed by atoms with van der Waals surface area (Å²) < 4.78 is 31.0. The summed E-state index contributed by atoms with van der Waals surface area (Å²) in [6.07, 6.45) is 0.749. The van der Waals surface area contributed by atoms with Gasteiger partial charge in [0, 0.05) is 25.8 Å². The average Bonchev–Trinajstić information content (AvgIpc) is 3.01. The zero-order valence-electron chi connectivity index (χ0n) is 16.9. The topological polar surface area (TPSA) is 84.0 Å². The third-order valence-corrected chi connectivity index (χ3v) is 6.82. The average molecular weight is 416 g/mol. The lowest BCUT2D eigenvalue weighted by Gasteiger charge is -2.22. The smallest absolute Gasteiger partial charge is 0.338 e. The highest BCUT2D eigenvalue weighted by Gasteiger charge is 2.31. The number of carbonyl (C=O) groups is 2. The van der Waals surface area contributed by atoms with Crippen LogP contribution in [0.15, 0.2) is 47.4 Å². The lowest BCUT2D eigenvalue weighted by Crippen LogP contribution is -2.38. The van der Waals surface area contributed by atoms with E-state index in [1.54, 1.807) is 17.9 Å². The van der Waals surface area contributed by atoms with Gasteiger partial charge < -0.3 is 9.64 Å². The molecule has 1 aliphatic rings. The minimum absolute atomic E-state index is 0.00605. The first kappa shape index (κ1) is 21.0. The van der Waals surface area contributed by atoms with Gasteiger partial charge in [-0.25, -0.2) is 17.5 Å². The van der Waals surface area contributed by atoms with Gasteiger partial charge in [-0.05, 0) is 49.6 Å². The lowest BCUT2D eigenvalue weighted by molar-refractivity contribution is -0.122. The number of carbonyl (C=O) groups excluding carboxylic acids is 2. The van der Waals surface area contributed by atoms with Crippen molar-refractivity contribution < 1.29 is 22.7 Å². The van der Waals surface area contributed by atoms with Gasteiger partial charge in [0.05, 0.1) is 10.5 Å². The van der Waals surface area contributed by atoms with Gasteiger partial charge in [0.15, 0.2) is 6.61 Å². The fourth-order valence-electron chi connectivity index (χ4n) is 3.41. The number of amides is 1. The molecule has 1 atom stereocenters. The zero-order chi connectivity index (χ0) is 21.3. The van der Waals surface area contributed by atoms with E-state index >= 15 is 0 Å². The fourth-order valence-corrected chi connectivity index (χ4v) is 4.34. The Labute approximate surface area is 170 Å². The molecule has 0 saturated heterocycles. The molecule has 7 nitrogen and oxygen atoms in total. The number of rotatable bonds is 5. The van der Waals surface area contributed by atoms with Crippen LogP contribution in [0.1, 0.15) is 28.4 Å². The summed E-state index contributed by atoms with van der Waals surface area (Å²) in [5.74, 6) is -1.04. The number of anilines is 1. The van der Waals surface area contributed by atoms with Gasteiger partial charge in [-0.2, -0.15) is 0 Å². The number of fused-ring (bicyclic) bond motifs is 1. The molecule has 0 fully saturated rings. The molecule has 8 heteroatoms. The number of hydrogen-bond donors (Lipinski definition) is 0. The molecule has 0 N–H and O–H groups in total. The highest BCUT2D eigenvalue weighted by Crippen LogP contribution is 2.31. The summed E-state index contributed by atoms with van der Waals surface area (Å²) in [7, 11) is -0.849. The molecular formula is C21H24N2O5S. The Morgan fingerprint density at radius 3 is 2.55 bits per heavy atom. The highest BCUT2D eigenvalue weighted by atomic mass is 32.2. The fraction of sp³-hybridized carbons (Fsp3) is 0.333. The van der Waals surface area contributed by atoms with Crippen LogP contribution in [0.4, 0.5) is 5.69 Å². The van der Waals surface area contributed by atoms with E-state index in [2.05, 4.69) is 0 Å². The van der Waals surface area contributed by atoms with Gasteiger partial charge in [-0.1, -0.05) is 24.3 Å². The van der Waals surface area contributed by atoms with Crippen molar-refractivity contribution in [2.75, 3.05) is 25.6 Å². The Kier molecular flexibility index (Phi) is 5.77. The Bertz CT molecular complexity index is 1060. The number of benzene rings is 2. The second-order valence-corrected chi connectivity index (χ2v) is 9.44. The summed E-state index contributed by atoms with van der Waals surface area (Å²) in [6, 6.07) is 11.9. The van der Waals surface area contributed by atoms with E-state index in [1.165, 1.54) is 26.2 Å². The van der Waals surface area contributed by atoms with E-state index in [0.717, 1.165) is 22.0 Å². The number of para-hydroxylation sites is 1. The van der Waals surface area contributed by atoms with Crippen LogP contribution in [0.2, 0.25) is 0 Å². The summed E-state index contributed by atoms with van der Waals surface area (Å²) >= 11 is 0. The molecule has 0 aromatic heterocycles. The standard InChI is InChI=1S/C21H24N2O5S/c1-14-9-10-17(29(26,27)22(3)4)12-18(14)21(25)28-13-20(24)23-15(2)11-16-7-5-6-8-19(16)23/h5-10,12,15H,11,13H2,1-4H3/t15-/m0/s1. The Morgan fingerprint density at radius 2 is 1.86 bits per heavy atom. The summed E-state index contributed by atoms with van der Waals surface area (Å²) in [5.41, 5.74) is 2.60. The molecule has 0 radical (unpaired) electrons. The van der Waals surface area contributed by atoms with Crippen molar-refractivity contribution in [2.24, 2.45) is 0 Å². The molecule has 0 saturated carbocycles. The van der Waals surface area contributed by atoms with Crippen LogP contribution >= 0.6 is 0 Å². The SMILES string of the molecule is Cc1ccc(S(=O)(=O)N(C)C)cc1C(=O)OCC(=O)N1c2ccccc2C[C@@H]1C. The van der Waals surface area contributed by atoms with E-state index in [1.807, 2.05) is 31.2 Å². The lowest BCUT2D eigenvalue weighted by atomic mass is 10.1. The first-order chi connectivity index (χ1) is 13.6. The zero-order valence-corrected chi connectivity index (χ0v) is 17.7. The Hall–Kier alpha value is -2.71. The van der Waals surface area contributed by atoms with E-state index in [9.17, 15) is 18.0 Å². The van der Waals surface area contributed by atoms with Crippen LogP contribution in [0.25, 0.3) is 0 Å². The molecule has 3 rings (SSSR count). The number of esters is 1. The third-order valence-electron chi connectivity index (χ3n) is 5.01. The molecule has 29 heavy (non-hydrogen) atoms. The summed E-state index contributed by atoms with van der Waals surface area (Å²) in [6.45, 7) is 3.21. The second-order valence-electron chi connectivity index (χ2n) is 7.29. The molecule has 2 aromatic rings. The Morgan fingerprint density at radius 1 is 1.17 bits per heavy atom. The molecule has 1 aliphatic heterocycles. The molecule has 154 valence electrons. The minimum Gasteiger partial charge on any atom is -0.452 e. The van der Waals surface area contributed by atoms with Gasteiger partial charge >= 0.3 is 5.97 Å². The van der Waals surface area contributed by atoms with Crippen molar-refractivity contribution in [2.45, 2.75) is 31.2 Å². The summed E-state index contributed by atoms with van der Waals surface area (Å²) in [4.78, 5) is 26.9. The van der Waals surface area contributed by atoms with Crippen molar-refractivity contribution in [1.82, 2.24) is 4.31 Å². The van der Waals surface area contributed by atoms with Crippen molar-refractivity contribution in [3.63, 3.8) is 0 Å². The van der Waals surface area contributed by atoms with Crippen LogP contribution < -0.4 is 4.90 Å². The number of ether oxygens (including phenoxy) is 1. The van der Waals surface area contributed by atoms with Crippen LogP contribution in [0.3, 0.4) is 0 Å². The minimum atomic E-state index is -3.68. The molecule has 1 amide bonds. The van der Waals surface area contributed by atoms with Crippen molar-refractivity contribution >= 4 is 27.6 Å². The number of nitrogens with zero attached hydrogens (tertiary/aromatic N) is 2. The molecule has 2 aromatic carbocycles. The van der Waals surface area contributed by atoms with E-state index in [4.69, 9.17) is 4.74 Å². The van der Waals surface area contributed by atoms with Gasteiger partial charge in [0.2, 0.25) is 10.0 Å². The van der Waals surface area contributed by atoms with Gasteiger partial charge in [-0.15, -0.1) is 0 Å². The normalized spacial score (nSPS) is 16.0. The van der Waals surface area contributed by atoms with Crippen molar-refractivity contribution in [3.05, 3.63) is 59.2 Å². The van der Waals surface area contributed by atoms with Crippen LogP contribution in [0, 0.1) is 6.92 Å². The molecule has 0 unspecified atom stereocenters.